The van der Waals surface area contributed by atoms with E-state index in [9.17, 15) is 17.6 Å². The van der Waals surface area contributed by atoms with Gasteiger partial charge in [-0.05, 0) is 54.8 Å². The van der Waals surface area contributed by atoms with Crippen LogP contribution in [0.25, 0.3) is 0 Å². The molecule has 0 aliphatic carbocycles. The Bertz CT molecular complexity index is 960. The lowest BCUT2D eigenvalue weighted by Gasteiger charge is -2.19. The Morgan fingerprint density at radius 1 is 1.19 bits per heavy atom. The van der Waals surface area contributed by atoms with Crippen LogP contribution < -0.4 is 14.8 Å². The first-order valence-electron chi connectivity index (χ1n) is 8.08. The van der Waals surface area contributed by atoms with E-state index in [0.717, 1.165) is 5.56 Å². The molecule has 6 nitrogen and oxygen atoms in total. The van der Waals surface area contributed by atoms with E-state index in [-0.39, 0.29) is 16.6 Å². The Labute approximate surface area is 151 Å². The van der Waals surface area contributed by atoms with Crippen molar-refractivity contribution in [2.75, 3.05) is 12.4 Å². The number of hydrogen-bond donors (Lipinski definition) is 2. The molecule has 2 aromatic rings. The van der Waals surface area contributed by atoms with Gasteiger partial charge in [0.25, 0.3) is 0 Å². The SMILES string of the molecule is COc1ccc(C(C)NS(=O)(=O)c2ccc3c(c2)CCC(=O)N3)cc1F. The van der Waals surface area contributed by atoms with Crippen molar-refractivity contribution < 1.29 is 22.3 Å². The number of fused-ring (bicyclic) bond motifs is 1. The zero-order valence-electron chi connectivity index (χ0n) is 14.4. The lowest BCUT2D eigenvalue weighted by atomic mass is 10.0. The van der Waals surface area contributed by atoms with Crippen LogP contribution in [-0.2, 0) is 21.2 Å². The summed E-state index contributed by atoms with van der Waals surface area (Å²) in [5, 5.41) is 2.71. The molecule has 2 N–H and O–H groups in total. The van der Waals surface area contributed by atoms with Crippen LogP contribution in [-0.4, -0.2) is 21.4 Å². The summed E-state index contributed by atoms with van der Waals surface area (Å²) in [5.74, 6) is -0.539. The van der Waals surface area contributed by atoms with Gasteiger partial charge in [-0.15, -0.1) is 0 Å². The minimum Gasteiger partial charge on any atom is -0.494 e. The molecule has 0 radical (unpaired) electrons. The van der Waals surface area contributed by atoms with Crippen LogP contribution in [0.1, 0.15) is 30.5 Å². The Balaban J connectivity index is 1.82. The largest absolute Gasteiger partial charge is 0.494 e. The number of carbonyl (C=O) groups excluding carboxylic acids is 1. The third-order valence-electron chi connectivity index (χ3n) is 4.29. The quantitative estimate of drug-likeness (QED) is 0.838. The van der Waals surface area contributed by atoms with Gasteiger partial charge in [0.2, 0.25) is 15.9 Å². The number of aryl methyl sites for hydroxylation is 1. The van der Waals surface area contributed by atoms with E-state index in [1.807, 2.05) is 0 Å². The molecule has 1 heterocycles. The van der Waals surface area contributed by atoms with E-state index >= 15 is 0 Å². The van der Waals surface area contributed by atoms with Crippen molar-refractivity contribution in [1.82, 2.24) is 4.72 Å². The van der Waals surface area contributed by atoms with Gasteiger partial charge in [0, 0.05) is 18.2 Å². The van der Waals surface area contributed by atoms with Gasteiger partial charge >= 0.3 is 0 Å². The first-order chi connectivity index (χ1) is 12.3. The fourth-order valence-corrected chi connectivity index (χ4v) is 4.13. The Morgan fingerprint density at radius 2 is 1.96 bits per heavy atom. The second-order valence-corrected chi connectivity index (χ2v) is 7.82. The van der Waals surface area contributed by atoms with Crippen LogP contribution in [0.5, 0.6) is 5.75 Å². The number of ether oxygens (including phenoxy) is 1. The highest BCUT2D eigenvalue weighted by Crippen LogP contribution is 2.27. The van der Waals surface area contributed by atoms with E-state index in [2.05, 4.69) is 10.0 Å². The van der Waals surface area contributed by atoms with Crippen LogP contribution in [0.15, 0.2) is 41.3 Å². The molecule has 2 aromatic carbocycles. The van der Waals surface area contributed by atoms with Crippen molar-refractivity contribution in [3.63, 3.8) is 0 Å². The monoisotopic (exact) mass is 378 g/mol. The van der Waals surface area contributed by atoms with Crippen LogP contribution >= 0.6 is 0 Å². The third kappa shape index (κ3) is 3.71. The lowest BCUT2D eigenvalue weighted by Crippen LogP contribution is -2.27. The molecule has 0 fully saturated rings. The number of nitrogens with one attached hydrogen (secondary N) is 2. The number of anilines is 1. The van der Waals surface area contributed by atoms with E-state index in [1.54, 1.807) is 25.1 Å². The number of sulfonamides is 1. The van der Waals surface area contributed by atoms with Crippen LogP contribution in [0.4, 0.5) is 10.1 Å². The van der Waals surface area contributed by atoms with Crippen molar-refractivity contribution in [1.29, 1.82) is 0 Å². The summed E-state index contributed by atoms with van der Waals surface area (Å²) in [6.45, 7) is 1.64. The summed E-state index contributed by atoms with van der Waals surface area (Å²) in [7, 11) is -2.44. The second kappa shape index (κ2) is 7.05. The molecule has 1 amide bonds. The maximum absolute atomic E-state index is 13.9. The average molecular weight is 378 g/mol. The molecular formula is C18H19FN2O4S. The first-order valence-corrected chi connectivity index (χ1v) is 9.57. The number of hydrogen-bond acceptors (Lipinski definition) is 4. The minimum absolute atomic E-state index is 0.0820. The Kier molecular flexibility index (Phi) is 4.97. The topological polar surface area (TPSA) is 84.5 Å². The standard InChI is InChI=1S/C18H19FN2O4S/c1-11(12-3-7-17(25-2)15(19)10-12)21-26(23,24)14-5-6-16-13(9-14)4-8-18(22)20-16/h3,5-7,9-11,21H,4,8H2,1-2H3,(H,20,22). The molecule has 1 aliphatic heterocycles. The van der Waals surface area contributed by atoms with Gasteiger partial charge in [0.15, 0.2) is 11.6 Å². The van der Waals surface area contributed by atoms with Crippen molar-refractivity contribution in [3.05, 3.63) is 53.3 Å². The number of carbonyl (C=O) groups is 1. The smallest absolute Gasteiger partial charge is 0.241 e. The Hall–Kier alpha value is -2.45. The number of methoxy groups -OCH3 is 1. The summed E-state index contributed by atoms with van der Waals surface area (Å²) in [4.78, 5) is 11.5. The van der Waals surface area contributed by atoms with Gasteiger partial charge in [-0.3, -0.25) is 4.79 Å². The molecule has 0 saturated heterocycles. The molecule has 26 heavy (non-hydrogen) atoms. The van der Waals surface area contributed by atoms with Crippen molar-refractivity contribution in [3.8, 4) is 5.75 Å². The molecule has 8 heteroatoms. The van der Waals surface area contributed by atoms with Gasteiger partial charge in [-0.2, -0.15) is 0 Å². The van der Waals surface area contributed by atoms with Crippen LogP contribution in [0.2, 0.25) is 0 Å². The van der Waals surface area contributed by atoms with Crippen LogP contribution in [0.3, 0.4) is 0 Å². The van der Waals surface area contributed by atoms with E-state index in [1.165, 1.54) is 25.3 Å². The predicted molar refractivity (Wildman–Crippen MR) is 95.1 cm³/mol. The summed E-state index contributed by atoms with van der Waals surface area (Å²) >= 11 is 0. The molecule has 0 aromatic heterocycles. The molecule has 138 valence electrons. The highest BCUT2D eigenvalue weighted by atomic mass is 32.2. The maximum atomic E-state index is 13.9. The summed E-state index contributed by atoms with van der Waals surface area (Å²) in [6.07, 6.45) is 0.815. The molecule has 1 aliphatic rings. The van der Waals surface area contributed by atoms with Crippen molar-refractivity contribution >= 4 is 21.6 Å². The number of amides is 1. The van der Waals surface area contributed by atoms with Gasteiger partial charge in [0.05, 0.1) is 12.0 Å². The van der Waals surface area contributed by atoms with E-state index < -0.39 is 21.9 Å². The lowest BCUT2D eigenvalue weighted by molar-refractivity contribution is -0.116. The van der Waals surface area contributed by atoms with Crippen molar-refractivity contribution in [2.45, 2.75) is 30.7 Å². The molecule has 0 bridgehead atoms. The van der Waals surface area contributed by atoms with E-state index in [4.69, 9.17) is 4.74 Å². The van der Waals surface area contributed by atoms with Crippen molar-refractivity contribution in [2.24, 2.45) is 0 Å². The molecule has 3 rings (SSSR count). The first kappa shape index (κ1) is 18.3. The number of benzene rings is 2. The maximum Gasteiger partial charge on any atom is 0.241 e. The third-order valence-corrected chi connectivity index (χ3v) is 5.83. The fourth-order valence-electron chi connectivity index (χ4n) is 2.85. The molecular weight excluding hydrogens is 359 g/mol. The molecule has 0 spiro atoms. The van der Waals surface area contributed by atoms with Gasteiger partial charge < -0.3 is 10.1 Å². The average Bonchev–Trinajstić information content (AvgIpc) is 2.60. The summed E-state index contributed by atoms with van der Waals surface area (Å²) in [5.41, 5.74) is 1.89. The molecule has 1 unspecified atom stereocenters. The highest BCUT2D eigenvalue weighted by Gasteiger charge is 2.22. The predicted octanol–water partition coefficient (Wildman–Crippen LogP) is 2.76. The molecule has 0 saturated carbocycles. The minimum atomic E-state index is -3.80. The zero-order valence-corrected chi connectivity index (χ0v) is 15.2. The van der Waals surface area contributed by atoms with Crippen LogP contribution in [0, 0.1) is 5.82 Å². The number of rotatable bonds is 5. The fraction of sp³-hybridized carbons (Fsp3) is 0.278. The second-order valence-electron chi connectivity index (χ2n) is 6.10. The molecule has 1 atom stereocenters. The van der Waals surface area contributed by atoms with E-state index in [0.29, 0.717) is 24.1 Å². The van der Waals surface area contributed by atoms with Gasteiger partial charge in [-0.25, -0.2) is 17.5 Å². The summed E-state index contributed by atoms with van der Waals surface area (Å²) < 4.78 is 46.6. The Morgan fingerprint density at radius 3 is 2.65 bits per heavy atom. The normalized spacial score (nSPS) is 15.1. The summed E-state index contributed by atoms with van der Waals surface area (Å²) in [6, 6.07) is 8.25. The van der Waals surface area contributed by atoms with Gasteiger partial charge in [0.1, 0.15) is 0 Å². The number of halogens is 1. The zero-order chi connectivity index (χ0) is 18.9. The highest BCUT2D eigenvalue weighted by molar-refractivity contribution is 7.89. The van der Waals surface area contributed by atoms with Gasteiger partial charge in [-0.1, -0.05) is 6.07 Å².